The van der Waals surface area contributed by atoms with E-state index >= 15 is 0 Å². The van der Waals surface area contributed by atoms with Crippen LogP contribution in [-0.2, 0) is 9.53 Å². The molecule has 0 fully saturated rings. The van der Waals surface area contributed by atoms with Crippen LogP contribution in [0.25, 0.3) is 0 Å². The molecule has 0 spiro atoms. The van der Waals surface area contributed by atoms with Gasteiger partial charge in [-0.25, -0.2) is 4.79 Å². The molecule has 3 nitrogen and oxygen atoms in total. The van der Waals surface area contributed by atoms with Crippen molar-refractivity contribution in [3.63, 3.8) is 0 Å². The molecular formula is C14H19Br2NO2. The molecule has 0 radical (unpaired) electrons. The van der Waals surface area contributed by atoms with Crippen molar-refractivity contribution in [2.75, 3.05) is 11.9 Å². The summed E-state index contributed by atoms with van der Waals surface area (Å²) < 4.78 is 6.97. The van der Waals surface area contributed by atoms with E-state index in [0.717, 1.165) is 33.0 Å². The lowest BCUT2D eigenvalue weighted by molar-refractivity contribution is -0.144. The van der Waals surface area contributed by atoms with Crippen molar-refractivity contribution in [3.05, 3.63) is 26.6 Å². The summed E-state index contributed by atoms with van der Waals surface area (Å²) in [7, 11) is 0. The van der Waals surface area contributed by atoms with E-state index in [-0.39, 0.29) is 12.0 Å². The third-order valence-corrected chi connectivity index (χ3v) is 3.90. The first-order valence-corrected chi connectivity index (χ1v) is 7.97. The topological polar surface area (TPSA) is 38.3 Å². The summed E-state index contributed by atoms with van der Waals surface area (Å²) in [5.74, 6) is -0.205. The molecule has 0 saturated carbocycles. The quantitative estimate of drug-likeness (QED) is 0.715. The molecule has 5 heteroatoms. The van der Waals surface area contributed by atoms with Crippen molar-refractivity contribution < 1.29 is 9.53 Å². The lowest BCUT2D eigenvalue weighted by Crippen LogP contribution is -2.31. The van der Waals surface area contributed by atoms with Crippen molar-refractivity contribution in [2.45, 2.75) is 39.7 Å². The van der Waals surface area contributed by atoms with Crippen molar-refractivity contribution in [1.82, 2.24) is 0 Å². The maximum absolute atomic E-state index is 11.9. The highest BCUT2D eigenvalue weighted by atomic mass is 79.9. The molecule has 0 aliphatic rings. The minimum Gasteiger partial charge on any atom is -0.464 e. The molecule has 1 aromatic carbocycles. The van der Waals surface area contributed by atoms with Gasteiger partial charge in [0, 0.05) is 8.95 Å². The second kappa shape index (κ2) is 7.90. The van der Waals surface area contributed by atoms with Gasteiger partial charge < -0.3 is 10.1 Å². The first-order chi connectivity index (χ1) is 8.99. The van der Waals surface area contributed by atoms with E-state index in [1.165, 1.54) is 0 Å². The van der Waals surface area contributed by atoms with Crippen LogP contribution in [0.4, 0.5) is 5.69 Å². The number of hydrogen-bond donors (Lipinski definition) is 1. The fraction of sp³-hybridized carbons (Fsp3) is 0.500. The van der Waals surface area contributed by atoms with E-state index in [9.17, 15) is 4.79 Å². The minimum absolute atomic E-state index is 0.205. The summed E-state index contributed by atoms with van der Waals surface area (Å²) in [5, 5.41) is 3.26. The Morgan fingerprint density at radius 1 is 1.32 bits per heavy atom. The summed E-state index contributed by atoms with van der Waals surface area (Å²) >= 11 is 7.04. The van der Waals surface area contributed by atoms with Gasteiger partial charge in [-0.1, -0.05) is 13.3 Å². The SMILES string of the molecule is CCCC(Nc1c(Br)cc(C)cc1Br)C(=O)OCC. The third-order valence-electron chi connectivity index (χ3n) is 2.65. The summed E-state index contributed by atoms with van der Waals surface area (Å²) in [6.45, 7) is 6.29. The fourth-order valence-corrected chi connectivity index (χ4v) is 3.44. The Hall–Kier alpha value is -0.550. The number of carbonyl (C=O) groups excluding carboxylic acids is 1. The van der Waals surface area contributed by atoms with Crippen LogP contribution in [0.2, 0.25) is 0 Å². The molecular weight excluding hydrogens is 374 g/mol. The van der Waals surface area contributed by atoms with Crippen LogP contribution in [-0.4, -0.2) is 18.6 Å². The maximum atomic E-state index is 11.9. The molecule has 0 bridgehead atoms. The van der Waals surface area contributed by atoms with Crippen LogP contribution < -0.4 is 5.32 Å². The predicted octanol–water partition coefficient (Wildman–Crippen LogP) is 4.66. The van der Waals surface area contributed by atoms with Gasteiger partial charge in [-0.05, 0) is 69.8 Å². The van der Waals surface area contributed by atoms with Crippen LogP contribution in [0.5, 0.6) is 0 Å². The molecule has 1 atom stereocenters. The van der Waals surface area contributed by atoms with E-state index in [1.807, 2.05) is 32.9 Å². The number of esters is 1. The molecule has 1 N–H and O–H groups in total. The number of ether oxygens (including phenoxy) is 1. The van der Waals surface area contributed by atoms with Gasteiger partial charge in [0.1, 0.15) is 6.04 Å². The van der Waals surface area contributed by atoms with E-state index < -0.39 is 0 Å². The molecule has 0 aliphatic carbocycles. The second-order valence-electron chi connectivity index (χ2n) is 4.34. The number of rotatable bonds is 6. The van der Waals surface area contributed by atoms with E-state index in [1.54, 1.807) is 0 Å². The molecule has 0 saturated heterocycles. The standard InChI is InChI=1S/C14H19Br2NO2/c1-4-6-12(14(18)19-5-2)17-13-10(15)7-9(3)8-11(13)16/h7-8,12,17H,4-6H2,1-3H3. The van der Waals surface area contributed by atoms with Crippen LogP contribution in [0.15, 0.2) is 21.1 Å². The van der Waals surface area contributed by atoms with Crippen molar-refractivity contribution in [3.8, 4) is 0 Å². The zero-order chi connectivity index (χ0) is 14.4. The van der Waals surface area contributed by atoms with Crippen molar-refractivity contribution in [2.24, 2.45) is 0 Å². The number of halogens is 2. The second-order valence-corrected chi connectivity index (χ2v) is 6.05. The van der Waals surface area contributed by atoms with Crippen LogP contribution >= 0.6 is 31.9 Å². The Bertz CT molecular complexity index is 426. The largest absolute Gasteiger partial charge is 0.464 e. The van der Waals surface area contributed by atoms with Crippen molar-refractivity contribution >= 4 is 43.5 Å². The van der Waals surface area contributed by atoms with Gasteiger partial charge in [0.05, 0.1) is 12.3 Å². The van der Waals surface area contributed by atoms with Crippen LogP contribution in [0.3, 0.4) is 0 Å². The average molecular weight is 393 g/mol. The lowest BCUT2D eigenvalue weighted by atomic mass is 10.1. The van der Waals surface area contributed by atoms with Gasteiger partial charge in [0.2, 0.25) is 0 Å². The number of hydrogen-bond acceptors (Lipinski definition) is 3. The summed E-state index contributed by atoms with van der Waals surface area (Å²) in [6, 6.07) is 3.71. The average Bonchev–Trinajstić information content (AvgIpc) is 2.32. The molecule has 1 rings (SSSR count). The highest BCUT2D eigenvalue weighted by molar-refractivity contribution is 9.11. The van der Waals surface area contributed by atoms with Gasteiger partial charge in [-0.2, -0.15) is 0 Å². The van der Waals surface area contributed by atoms with E-state index in [4.69, 9.17) is 4.74 Å². The molecule has 0 aromatic heterocycles. The zero-order valence-electron chi connectivity index (χ0n) is 11.4. The zero-order valence-corrected chi connectivity index (χ0v) is 14.6. The number of nitrogens with one attached hydrogen (secondary N) is 1. The van der Waals surface area contributed by atoms with E-state index in [2.05, 4.69) is 37.2 Å². The normalized spacial score (nSPS) is 12.1. The van der Waals surface area contributed by atoms with E-state index in [0.29, 0.717) is 6.61 Å². The van der Waals surface area contributed by atoms with Gasteiger partial charge in [0.15, 0.2) is 0 Å². The number of anilines is 1. The fourth-order valence-electron chi connectivity index (χ4n) is 1.79. The Balaban J connectivity index is 2.93. The van der Waals surface area contributed by atoms with Gasteiger partial charge in [0.25, 0.3) is 0 Å². The Morgan fingerprint density at radius 2 is 1.89 bits per heavy atom. The molecule has 19 heavy (non-hydrogen) atoms. The highest BCUT2D eigenvalue weighted by Gasteiger charge is 2.20. The first kappa shape index (κ1) is 16.5. The molecule has 0 aliphatic heterocycles. The summed E-state index contributed by atoms with van der Waals surface area (Å²) in [4.78, 5) is 11.9. The molecule has 0 amide bonds. The Morgan fingerprint density at radius 3 is 2.37 bits per heavy atom. The Labute approximate surface area is 131 Å². The highest BCUT2D eigenvalue weighted by Crippen LogP contribution is 2.33. The van der Waals surface area contributed by atoms with Crippen LogP contribution in [0, 0.1) is 6.92 Å². The number of aryl methyl sites for hydroxylation is 1. The van der Waals surface area contributed by atoms with Crippen molar-refractivity contribution in [1.29, 1.82) is 0 Å². The van der Waals surface area contributed by atoms with Gasteiger partial charge >= 0.3 is 5.97 Å². The molecule has 1 aromatic rings. The minimum atomic E-state index is -0.319. The summed E-state index contributed by atoms with van der Waals surface area (Å²) in [6.07, 6.45) is 1.66. The van der Waals surface area contributed by atoms with Gasteiger partial charge in [-0.15, -0.1) is 0 Å². The predicted molar refractivity (Wildman–Crippen MR) is 85.5 cm³/mol. The Kier molecular flexibility index (Phi) is 6.86. The molecule has 0 heterocycles. The first-order valence-electron chi connectivity index (χ1n) is 6.38. The third kappa shape index (κ3) is 4.80. The monoisotopic (exact) mass is 391 g/mol. The lowest BCUT2D eigenvalue weighted by Gasteiger charge is -2.20. The molecule has 106 valence electrons. The molecule has 1 unspecified atom stereocenters. The number of benzene rings is 1. The van der Waals surface area contributed by atoms with Crippen LogP contribution in [0.1, 0.15) is 32.3 Å². The van der Waals surface area contributed by atoms with Gasteiger partial charge in [-0.3, -0.25) is 0 Å². The summed E-state index contributed by atoms with van der Waals surface area (Å²) in [5.41, 5.74) is 2.03. The maximum Gasteiger partial charge on any atom is 0.328 e. The number of carbonyl (C=O) groups is 1. The smallest absolute Gasteiger partial charge is 0.328 e.